The predicted molar refractivity (Wildman–Crippen MR) is 64.4 cm³/mol. The van der Waals surface area contributed by atoms with Crippen LogP contribution in [-0.2, 0) is 6.61 Å². The van der Waals surface area contributed by atoms with Crippen molar-refractivity contribution in [1.82, 2.24) is 9.88 Å². The summed E-state index contributed by atoms with van der Waals surface area (Å²) in [5, 5.41) is 9.23. The van der Waals surface area contributed by atoms with Gasteiger partial charge in [0.15, 0.2) is 0 Å². The summed E-state index contributed by atoms with van der Waals surface area (Å²) in [6.07, 6.45) is 2.27. The molecule has 94 valence electrons. The molecule has 2 rings (SSSR count). The molecule has 4 nitrogen and oxygen atoms in total. The molecule has 1 aromatic rings. The van der Waals surface area contributed by atoms with Crippen LogP contribution in [0.2, 0.25) is 0 Å². The first kappa shape index (κ1) is 12.3. The van der Waals surface area contributed by atoms with Crippen molar-refractivity contribution < 1.29 is 9.50 Å². The lowest BCUT2D eigenvalue weighted by Crippen LogP contribution is -2.32. The lowest BCUT2D eigenvalue weighted by atomic mass is 10.2. The number of rotatable bonds is 3. The Morgan fingerprint density at radius 3 is 2.94 bits per heavy atom. The summed E-state index contributed by atoms with van der Waals surface area (Å²) in [4.78, 5) is 8.39. The number of hydrogen-bond acceptors (Lipinski definition) is 4. The third-order valence-corrected chi connectivity index (χ3v) is 3.27. The summed E-state index contributed by atoms with van der Waals surface area (Å²) in [5.41, 5.74) is 0.560. The summed E-state index contributed by atoms with van der Waals surface area (Å²) in [6.45, 7) is 1.59. The van der Waals surface area contributed by atoms with Crippen LogP contribution in [0.5, 0.6) is 0 Å². The number of nitrogens with zero attached hydrogens (tertiary/aromatic N) is 3. The highest BCUT2D eigenvalue weighted by molar-refractivity contribution is 5.47. The Morgan fingerprint density at radius 2 is 2.35 bits per heavy atom. The van der Waals surface area contributed by atoms with E-state index in [4.69, 9.17) is 0 Å². The number of aromatic nitrogens is 1. The summed E-state index contributed by atoms with van der Waals surface area (Å²) in [5.74, 6) is 0.305. The van der Waals surface area contributed by atoms with Crippen LogP contribution in [0.15, 0.2) is 12.3 Å². The van der Waals surface area contributed by atoms with Crippen molar-refractivity contribution >= 4 is 5.82 Å². The zero-order valence-electron chi connectivity index (χ0n) is 10.2. The molecule has 1 atom stereocenters. The Hall–Kier alpha value is -1.20. The Morgan fingerprint density at radius 1 is 1.59 bits per heavy atom. The molecule has 0 amide bonds. The van der Waals surface area contributed by atoms with Crippen molar-refractivity contribution in [2.75, 3.05) is 32.1 Å². The van der Waals surface area contributed by atoms with Crippen molar-refractivity contribution in [1.29, 1.82) is 0 Å². The molecule has 0 aliphatic carbocycles. The van der Waals surface area contributed by atoms with E-state index in [0.717, 1.165) is 19.5 Å². The minimum Gasteiger partial charge on any atom is -0.392 e. The molecular formula is C12H18FN3O. The zero-order chi connectivity index (χ0) is 12.4. The molecule has 5 heteroatoms. The third kappa shape index (κ3) is 2.56. The first-order valence-corrected chi connectivity index (χ1v) is 5.78. The molecule has 1 saturated heterocycles. The van der Waals surface area contributed by atoms with Gasteiger partial charge < -0.3 is 14.9 Å². The van der Waals surface area contributed by atoms with Crippen LogP contribution in [0, 0.1) is 5.82 Å². The first-order chi connectivity index (χ1) is 8.11. The van der Waals surface area contributed by atoms with E-state index in [2.05, 4.69) is 28.9 Å². The molecule has 1 aliphatic rings. The molecule has 1 fully saturated rings. The van der Waals surface area contributed by atoms with Gasteiger partial charge in [-0.3, -0.25) is 0 Å². The van der Waals surface area contributed by atoms with Gasteiger partial charge in [-0.2, -0.15) is 0 Å². The van der Waals surface area contributed by atoms with E-state index < -0.39 is 5.82 Å². The van der Waals surface area contributed by atoms with Gasteiger partial charge in [0.25, 0.3) is 0 Å². The highest BCUT2D eigenvalue weighted by Gasteiger charge is 2.26. The van der Waals surface area contributed by atoms with Gasteiger partial charge in [-0.15, -0.1) is 0 Å². The maximum absolute atomic E-state index is 13.0. The lowest BCUT2D eigenvalue weighted by molar-refractivity contribution is 0.280. The van der Waals surface area contributed by atoms with E-state index >= 15 is 0 Å². The second kappa shape index (κ2) is 4.98. The number of pyridine rings is 1. The maximum atomic E-state index is 13.0. The molecule has 0 aromatic carbocycles. The normalized spacial score (nSPS) is 20.3. The van der Waals surface area contributed by atoms with Crippen LogP contribution in [0.1, 0.15) is 12.0 Å². The number of halogens is 1. The standard InChI is InChI=1S/C12H18FN3O/c1-15(2)11-3-4-16(7-11)12-9(8-17)5-10(13)6-14-12/h5-6,11,17H,3-4,7-8H2,1-2H3. The van der Waals surface area contributed by atoms with Gasteiger partial charge in [0, 0.05) is 24.7 Å². The van der Waals surface area contributed by atoms with E-state index in [1.54, 1.807) is 0 Å². The van der Waals surface area contributed by atoms with E-state index in [1.165, 1.54) is 12.3 Å². The average molecular weight is 239 g/mol. The number of hydrogen-bond donors (Lipinski definition) is 1. The zero-order valence-corrected chi connectivity index (χ0v) is 10.2. The second-order valence-corrected chi connectivity index (χ2v) is 4.65. The van der Waals surface area contributed by atoms with E-state index in [-0.39, 0.29) is 6.61 Å². The first-order valence-electron chi connectivity index (χ1n) is 5.78. The fraction of sp³-hybridized carbons (Fsp3) is 0.583. The number of anilines is 1. The Labute approximate surface area is 101 Å². The fourth-order valence-corrected chi connectivity index (χ4v) is 2.23. The van der Waals surface area contributed by atoms with E-state index in [1.807, 2.05) is 0 Å². The quantitative estimate of drug-likeness (QED) is 0.849. The Balaban J connectivity index is 2.18. The molecular weight excluding hydrogens is 221 g/mol. The van der Waals surface area contributed by atoms with E-state index in [9.17, 15) is 9.50 Å². The molecule has 0 saturated carbocycles. The highest BCUT2D eigenvalue weighted by atomic mass is 19.1. The smallest absolute Gasteiger partial charge is 0.142 e. The van der Waals surface area contributed by atoms with Gasteiger partial charge >= 0.3 is 0 Å². The molecule has 17 heavy (non-hydrogen) atoms. The van der Waals surface area contributed by atoms with Gasteiger partial charge in [0.2, 0.25) is 0 Å². The molecule has 1 unspecified atom stereocenters. The third-order valence-electron chi connectivity index (χ3n) is 3.27. The molecule has 1 N–H and O–H groups in total. The van der Waals surface area contributed by atoms with Crippen LogP contribution in [0.4, 0.5) is 10.2 Å². The summed E-state index contributed by atoms with van der Waals surface area (Å²) < 4.78 is 13.0. The van der Waals surface area contributed by atoms with Gasteiger partial charge in [0.1, 0.15) is 11.6 Å². The molecule has 1 aliphatic heterocycles. The van der Waals surface area contributed by atoms with Crippen LogP contribution < -0.4 is 4.90 Å². The van der Waals surface area contributed by atoms with Crippen molar-refractivity contribution in [2.24, 2.45) is 0 Å². The minimum absolute atomic E-state index is 0.177. The molecule has 1 aromatic heterocycles. The second-order valence-electron chi connectivity index (χ2n) is 4.65. The van der Waals surface area contributed by atoms with Crippen LogP contribution in [0.3, 0.4) is 0 Å². The summed E-state index contributed by atoms with van der Waals surface area (Å²) >= 11 is 0. The summed E-state index contributed by atoms with van der Waals surface area (Å²) in [7, 11) is 4.11. The predicted octanol–water partition coefficient (Wildman–Crippen LogP) is 0.853. The molecule has 2 heterocycles. The average Bonchev–Trinajstić information content (AvgIpc) is 2.78. The van der Waals surface area contributed by atoms with Crippen molar-refractivity contribution in [2.45, 2.75) is 19.1 Å². The van der Waals surface area contributed by atoms with Gasteiger partial charge in [0.05, 0.1) is 12.8 Å². The maximum Gasteiger partial charge on any atom is 0.142 e. The topological polar surface area (TPSA) is 39.6 Å². The number of likely N-dealkylation sites (N-methyl/N-ethyl adjacent to an activating group) is 1. The Bertz CT molecular complexity index is 397. The van der Waals surface area contributed by atoms with Crippen molar-refractivity contribution in [3.63, 3.8) is 0 Å². The molecule has 0 spiro atoms. The van der Waals surface area contributed by atoms with Gasteiger partial charge in [-0.1, -0.05) is 0 Å². The molecule has 0 radical (unpaired) electrons. The SMILES string of the molecule is CN(C)C1CCN(c2ncc(F)cc2CO)C1. The monoisotopic (exact) mass is 239 g/mol. The van der Waals surface area contributed by atoms with Crippen molar-refractivity contribution in [3.8, 4) is 0 Å². The molecule has 0 bridgehead atoms. The van der Waals surface area contributed by atoms with Crippen LogP contribution in [0.25, 0.3) is 0 Å². The Kier molecular flexibility index (Phi) is 3.59. The number of aliphatic hydroxyl groups is 1. The van der Waals surface area contributed by atoms with Crippen LogP contribution >= 0.6 is 0 Å². The van der Waals surface area contributed by atoms with Crippen molar-refractivity contribution in [3.05, 3.63) is 23.6 Å². The van der Waals surface area contributed by atoms with Gasteiger partial charge in [-0.25, -0.2) is 9.37 Å². The highest BCUT2D eigenvalue weighted by Crippen LogP contribution is 2.24. The van der Waals surface area contributed by atoms with Gasteiger partial charge in [-0.05, 0) is 26.6 Å². The largest absolute Gasteiger partial charge is 0.392 e. The fourth-order valence-electron chi connectivity index (χ4n) is 2.23. The lowest BCUT2D eigenvalue weighted by Gasteiger charge is -2.22. The van der Waals surface area contributed by atoms with E-state index in [0.29, 0.717) is 17.4 Å². The summed E-state index contributed by atoms with van der Waals surface area (Å²) in [6, 6.07) is 1.85. The van der Waals surface area contributed by atoms with Crippen LogP contribution in [-0.4, -0.2) is 48.2 Å². The minimum atomic E-state index is -0.402. The number of aliphatic hydroxyl groups excluding tert-OH is 1.